The summed E-state index contributed by atoms with van der Waals surface area (Å²) in [7, 11) is 0. The van der Waals surface area contributed by atoms with Crippen molar-refractivity contribution >= 4 is 0 Å². The maximum atomic E-state index is 4.62. The molecule has 0 aromatic carbocycles. The quantitative estimate of drug-likeness (QED) is 0.227. The Morgan fingerprint density at radius 2 is 1.19 bits per heavy atom. The third-order valence-electron chi connectivity index (χ3n) is 5.98. The van der Waals surface area contributed by atoms with Gasteiger partial charge in [-0.2, -0.15) is 0 Å². The molecule has 0 bridgehead atoms. The van der Waals surface area contributed by atoms with E-state index in [2.05, 4.69) is 54.0 Å². The van der Waals surface area contributed by atoms with Gasteiger partial charge in [0, 0.05) is 55.3 Å². The van der Waals surface area contributed by atoms with Gasteiger partial charge in [-0.3, -0.25) is 0 Å². The Morgan fingerprint density at radius 3 is 1.53 bits per heavy atom. The normalized spacial score (nSPS) is 12.2. The minimum atomic E-state index is 0.769. The lowest BCUT2D eigenvalue weighted by Crippen LogP contribution is -2.50. The standard InChI is InChI=1S/C23H40N9/c1-6-31(7-2)10-8-24-9-11-32(15-21-25-12-18(3)28-21,16-22-26-13-19(4)29-22)17-23-27-14-20(5)30-23/h12-14,24H,6-11,15-17H2,1-5H3,(H,25,28)(H,26,29)(H,27,30)/q+1. The summed E-state index contributed by atoms with van der Waals surface area (Å²) in [6, 6.07) is 0. The van der Waals surface area contributed by atoms with Gasteiger partial charge in [0.2, 0.25) is 0 Å². The largest absolute Gasteiger partial charge is 0.341 e. The lowest BCUT2D eigenvalue weighted by atomic mass is 10.2. The van der Waals surface area contributed by atoms with Crippen LogP contribution in [0.2, 0.25) is 0 Å². The van der Waals surface area contributed by atoms with Crippen LogP contribution in [0.4, 0.5) is 0 Å². The average molecular weight is 443 g/mol. The molecule has 9 nitrogen and oxygen atoms in total. The summed E-state index contributed by atoms with van der Waals surface area (Å²) in [4.78, 5) is 26.6. The monoisotopic (exact) mass is 442 g/mol. The molecule has 3 heterocycles. The summed E-state index contributed by atoms with van der Waals surface area (Å²) in [5, 5.41) is 3.66. The van der Waals surface area contributed by atoms with Crippen LogP contribution in [-0.4, -0.2) is 78.6 Å². The van der Waals surface area contributed by atoms with Gasteiger partial charge in [0.05, 0.1) is 6.54 Å². The highest BCUT2D eigenvalue weighted by Gasteiger charge is 2.32. The number of aromatic amines is 3. The molecular formula is C23H40N9+. The molecule has 0 saturated heterocycles. The minimum Gasteiger partial charge on any atom is -0.341 e. The number of aromatic nitrogens is 6. The first-order valence-corrected chi connectivity index (χ1v) is 11.7. The smallest absolute Gasteiger partial charge is 0.161 e. The van der Waals surface area contributed by atoms with Crippen molar-refractivity contribution in [3.05, 3.63) is 53.1 Å². The first-order chi connectivity index (χ1) is 15.4. The van der Waals surface area contributed by atoms with Crippen molar-refractivity contribution in [3.8, 4) is 0 Å². The number of imidazole rings is 3. The van der Waals surface area contributed by atoms with Gasteiger partial charge in [0.15, 0.2) is 17.5 Å². The van der Waals surface area contributed by atoms with Crippen LogP contribution in [0.1, 0.15) is 48.4 Å². The summed E-state index contributed by atoms with van der Waals surface area (Å²) in [6.45, 7) is 19.0. The SMILES string of the molecule is CCN(CC)CCNCC[N+](Cc1ncc(C)[nH]1)(Cc1ncc(C)[nH]1)Cc1ncc(C)[nH]1. The number of nitrogens with one attached hydrogen (secondary N) is 4. The van der Waals surface area contributed by atoms with E-state index in [1.165, 1.54) is 0 Å². The first kappa shape index (κ1) is 24.2. The summed E-state index contributed by atoms with van der Waals surface area (Å²) in [5.41, 5.74) is 3.24. The Bertz CT molecular complexity index is 832. The van der Waals surface area contributed by atoms with Crippen molar-refractivity contribution in [2.24, 2.45) is 0 Å². The molecule has 3 aromatic heterocycles. The van der Waals surface area contributed by atoms with E-state index in [0.717, 1.165) is 97.9 Å². The predicted octanol–water partition coefficient (Wildman–Crippen LogP) is 2.43. The number of nitrogens with zero attached hydrogens (tertiary/aromatic N) is 5. The Morgan fingerprint density at radius 1 is 0.750 bits per heavy atom. The second-order valence-corrected chi connectivity index (χ2v) is 8.86. The van der Waals surface area contributed by atoms with Crippen LogP contribution in [0.3, 0.4) is 0 Å². The zero-order valence-electron chi connectivity index (χ0n) is 20.3. The van der Waals surface area contributed by atoms with Gasteiger partial charge in [-0.25, -0.2) is 15.0 Å². The number of aryl methyl sites for hydroxylation is 3. The molecule has 32 heavy (non-hydrogen) atoms. The lowest BCUT2D eigenvalue weighted by molar-refractivity contribution is -0.966. The Balaban J connectivity index is 1.79. The Hall–Kier alpha value is -2.49. The molecule has 0 spiro atoms. The number of rotatable bonds is 14. The maximum Gasteiger partial charge on any atom is 0.161 e. The second-order valence-electron chi connectivity index (χ2n) is 8.86. The van der Waals surface area contributed by atoms with Crippen LogP contribution < -0.4 is 5.32 Å². The van der Waals surface area contributed by atoms with E-state index in [9.17, 15) is 0 Å². The summed E-state index contributed by atoms with van der Waals surface area (Å²) < 4.78 is 0.769. The van der Waals surface area contributed by atoms with Gasteiger partial charge in [-0.1, -0.05) is 13.8 Å². The van der Waals surface area contributed by atoms with Gasteiger partial charge >= 0.3 is 0 Å². The molecule has 0 radical (unpaired) electrons. The molecule has 176 valence electrons. The third-order valence-corrected chi connectivity index (χ3v) is 5.98. The molecule has 0 amide bonds. The van der Waals surface area contributed by atoms with E-state index in [1.54, 1.807) is 0 Å². The van der Waals surface area contributed by atoms with E-state index in [4.69, 9.17) is 0 Å². The van der Waals surface area contributed by atoms with Crippen molar-refractivity contribution < 1.29 is 4.48 Å². The van der Waals surface area contributed by atoms with Gasteiger partial charge in [0.1, 0.15) is 19.6 Å². The first-order valence-electron chi connectivity index (χ1n) is 11.7. The van der Waals surface area contributed by atoms with Crippen molar-refractivity contribution in [2.75, 3.05) is 39.3 Å². The second kappa shape index (κ2) is 11.4. The Labute approximate surface area is 191 Å². The molecule has 0 saturated carbocycles. The van der Waals surface area contributed by atoms with Gasteiger partial charge in [0.25, 0.3) is 0 Å². The molecular weight excluding hydrogens is 402 g/mol. The fourth-order valence-electron chi connectivity index (χ4n) is 4.22. The molecule has 0 aliphatic heterocycles. The van der Waals surface area contributed by atoms with E-state index < -0.39 is 0 Å². The zero-order valence-corrected chi connectivity index (χ0v) is 20.3. The van der Waals surface area contributed by atoms with E-state index in [0.29, 0.717) is 0 Å². The lowest BCUT2D eigenvalue weighted by Gasteiger charge is -2.37. The fraction of sp³-hybridized carbons (Fsp3) is 0.609. The Kier molecular flexibility index (Phi) is 8.60. The minimum absolute atomic E-state index is 0.769. The number of H-pyrrole nitrogens is 3. The highest BCUT2D eigenvalue weighted by Crippen LogP contribution is 2.21. The van der Waals surface area contributed by atoms with Crippen molar-refractivity contribution in [1.29, 1.82) is 0 Å². The molecule has 0 aliphatic carbocycles. The maximum absolute atomic E-state index is 4.62. The molecule has 3 aromatic rings. The van der Waals surface area contributed by atoms with Crippen LogP contribution in [0.5, 0.6) is 0 Å². The topological polar surface area (TPSA) is 101 Å². The summed E-state index contributed by atoms with van der Waals surface area (Å²) in [6.07, 6.45) is 5.71. The zero-order chi connectivity index (χ0) is 23.0. The van der Waals surface area contributed by atoms with Crippen molar-refractivity contribution in [1.82, 2.24) is 40.1 Å². The number of quaternary nitrogens is 1. The van der Waals surface area contributed by atoms with E-state index >= 15 is 0 Å². The predicted molar refractivity (Wildman–Crippen MR) is 127 cm³/mol. The molecule has 0 fully saturated rings. The third kappa shape index (κ3) is 7.01. The highest BCUT2D eigenvalue weighted by molar-refractivity contribution is 5.01. The van der Waals surface area contributed by atoms with Gasteiger partial charge < -0.3 is 29.7 Å². The molecule has 4 N–H and O–H groups in total. The number of likely N-dealkylation sites (N-methyl/N-ethyl adjacent to an activating group) is 1. The summed E-state index contributed by atoms with van der Waals surface area (Å²) >= 11 is 0. The molecule has 9 heteroatoms. The van der Waals surface area contributed by atoms with Crippen LogP contribution in [-0.2, 0) is 19.6 Å². The number of hydrogen-bond donors (Lipinski definition) is 4. The average Bonchev–Trinajstić information content (AvgIpc) is 3.47. The van der Waals surface area contributed by atoms with E-state index in [1.807, 2.05) is 39.4 Å². The summed E-state index contributed by atoms with van der Waals surface area (Å²) in [5.74, 6) is 2.99. The molecule has 0 atom stereocenters. The highest BCUT2D eigenvalue weighted by atomic mass is 15.4. The van der Waals surface area contributed by atoms with Gasteiger partial charge in [-0.15, -0.1) is 0 Å². The van der Waals surface area contributed by atoms with Crippen LogP contribution >= 0.6 is 0 Å². The molecule has 0 unspecified atom stereocenters. The van der Waals surface area contributed by atoms with Crippen LogP contribution in [0.15, 0.2) is 18.6 Å². The molecule has 0 aliphatic rings. The van der Waals surface area contributed by atoms with Gasteiger partial charge in [-0.05, 0) is 33.9 Å². The molecule has 3 rings (SSSR count). The van der Waals surface area contributed by atoms with Crippen molar-refractivity contribution in [3.63, 3.8) is 0 Å². The van der Waals surface area contributed by atoms with Crippen LogP contribution in [0, 0.1) is 20.8 Å². The number of hydrogen-bond acceptors (Lipinski definition) is 5. The van der Waals surface area contributed by atoms with Crippen molar-refractivity contribution in [2.45, 2.75) is 54.3 Å². The fourth-order valence-corrected chi connectivity index (χ4v) is 4.22. The van der Waals surface area contributed by atoms with Crippen LogP contribution in [0.25, 0.3) is 0 Å². The van der Waals surface area contributed by atoms with E-state index in [-0.39, 0.29) is 0 Å².